The standard InChI is InChI=1S/C10H15N5O4/c1-5-7(15(17)18)8(14-10(11-3)13-5)12-6(2)9(16)19-4/h6H,1-4H3,(H2,11,12,13,14). The van der Waals surface area contributed by atoms with Gasteiger partial charge in [0.1, 0.15) is 11.7 Å². The molecule has 0 aliphatic rings. The van der Waals surface area contributed by atoms with Gasteiger partial charge in [-0.3, -0.25) is 10.1 Å². The maximum atomic E-state index is 11.3. The Balaban J connectivity index is 3.19. The quantitative estimate of drug-likeness (QED) is 0.455. The summed E-state index contributed by atoms with van der Waals surface area (Å²) in [4.78, 5) is 29.6. The third-order valence-corrected chi connectivity index (χ3v) is 2.37. The van der Waals surface area contributed by atoms with Crippen LogP contribution in [0.2, 0.25) is 0 Å². The molecule has 1 aromatic heterocycles. The minimum Gasteiger partial charge on any atom is -0.467 e. The van der Waals surface area contributed by atoms with Crippen LogP contribution in [0.5, 0.6) is 0 Å². The molecule has 0 saturated heterocycles. The first-order valence-electron chi connectivity index (χ1n) is 5.45. The molecule has 1 atom stereocenters. The number of aromatic nitrogens is 2. The summed E-state index contributed by atoms with van der Waals surface area (Å²) in [6, 6.07) is -0.761. The highest BCUT2D eigenvalue weighted by atomic mass is 16.6. The minimum absolute atomic E-state index is 0.0280. The van der Waals surface area contributed by atoms with Crippen molar-refractivity contribution in [2.75, 3.05) is 24.8 Å². The van der Waals surface area contributed by atoms with Crippen LogP contribution in [0.4, 0.5) is 17.5 Å². The number of carbonyl (C=O) groups is 1. The largest absolute Gasteiger partial charge is 0.467 e. The number of nitrogens with zero attached hydrogens (tertiary/aromatic N) is 3. The van der Waals surface area contributed by atoms with Gasteiger partial charge in [0, 0.05) is 7.05 Å². The van der Waals surface area contributed by atoms with Crippen molar-refractivity contribution in [3.8, 4) is 0 Å². The molecule has 0 saturated carbocycles. The average Bonchev–Trinajstić information content (AvgIpc) is 2.36. The molecule has 0 amide bonds. The number of hydrogen-bond acceptors (Lipinski definition) is 8. The molecule has 9 heteroatoms. The molecule has 0 radical (unpaired) electrons. The summed E-state index contributed by atoms with van der Waals surface area (Å²) in [5.41, 5.74) is -0.0707. The van der Waals surface area contributed by atoms with Crippen LogP contribution >= 0.6 is 0 Å². The Morgan fingerprint density at radius 1 is 1.47 bits per heavy atom. The van der Waals surface area contributed by atoms with E-state index in [4.69, 9.17) is 0 Å². The van der Waals surface area contributed by atoms with Crippen molar-refractivity contribution >= 4 is 23.4 Å². The number of rotatable bonds is 5. The van der Waals surface area contributed by atoms with Crippen molar-refractivity contribution in [1.29, 1.82) is 0 Å². The van der Waals surface area contributed by atoms with E-state index in [0.717, 1.165) is 0 Å². The molecule has 1 aromatic rings. The van der Waals surface area contributed by atoms with E-state index in [0.29, 0.717) is 0 Å². The Kier molecular flexibility index (Phi) is 4.56. The van der Waals surface area contributed by atoms with Crippen molar-refractivity contribution in [2.45, 2.75) is 19.9 Å². The lowest BCUT2D eigenvalue weighted by Crippen LogP contribution is -2.28. The van der Waals surface area contributed by atoms with E-state index >= 15 is 0 Å². The molecule has 104 valence electrons. The number of nitro groups is 1. The number of carbonyl (C=O) groups excluding carboxylic acids is 1. The Labute approximate surface area is 109 Å². The zero-order valence-electron chi connectivity index (χ0n) is 11.1. The van der Waals surface area contributed by atoms with Gasteiger partial charge in [-0.1, -0.05) is 0 Å². The van der Waals surface area contributed by atoms with Crippen molar-refractivity contribution < 1.29 is 14.5 Å². The molecule has 0 aromatic carbocycles. The topological polar surface area (TPSA) is 119 Å². The molecule has 9 nitrogen and oxygen atoms in total. The van der Waals surface area contributed by atoms with Gasteiger partial charge in [0.25, 0.3) is 0 Å². The molecular formula is C10H15N5O4. The van der Waals surface area contributed by atoms with Gasteiger partial charge in [-0.25, -0.2) is 9.78 Å². The van der Waals surface area contributed by atoms with Gasteiger partial charge >= 0.3 is 11.7 Å². The highest BCUT2D eigenvalue weighted by Crippen LogP contribution is 2.26. The van der Waals surface area contributed by atoms with E-state index in [1.165, 1.54) is 21.0 Å². The van der Waals surface area contributed by atoms with E-state index < -0.39 is 16.9 Å². The molecule has 0 aliphatic carbocycles. The number of aryl methyl sites for hydroxylation is 1. The number of hydrogen-bond donors (Lipinski definition) is 2. The van der Waals surface area contributed by atoms with E-state index in [2.05, 4.69) is 25.3 Å². The van der Waals surface area contributed by atoms with Gasteiger partial charge in [-0.05, 0) is 13.8 Å². The molecule has 0 spiro atoms. The Bertz CT molecular complexity index is 505. The van der Waals surface area contributed by atoms with Crippen LogP contribution in [0.15, 0.2) is 0 Å². The van der Waals surface area contributed by atoms with Crippen LogP contribution in [0, 0.1) is 17.0 Å². The molecule has 2 N–H and O–H groups in total. The van der Waals surface area contributed by atoms with Crippen molar-refractivity contribution in [2.24, 2.45) is 0 Å². The SMILES string of the molecule is CNc1nc(C)c([N+](=O)[O-])c(NC(C)C(=O)OC)n1. The van der Waals surface area contributed by atoms with Gasteiger partial charge in [-0.15, -0.1) is 0 Å². The molecule has 0 aliphatic heterocycles. The van der Waals surface area contributed by atoms with E-state index in [-0.39, 0.29) is 23.1 Å². The molecular weight excluding hydrogens is 254 g/mol. The van der Waals surface area contributed by atoms with Gasteiger partial charge in [0.05, 0.1) is 12.0 Å². The summed E-state index contributed by atoms with van der Waals surface area (Å²) < 4.78 is 4.54. The maximum Gasteiger partial charge on any atom is 0.332 e. The van der Waals surface area contributed by atoms with Gasteiger partial charge in [0.15, 0.2) is 0 Å². The highest BCUT2D eigenvalue weighted by Gasteiger charge is 2.25. The summed E-state index contributed by atoms with van der Waals surface area (Å²) in [6.07, 6.45) is 0. The third-order valence-electron chi connectivity index (χ3n) is 2.37. The first kappa shape index (κ1) is 14.6. The number of nitrogens with one attached hydrogen (secondary N) is 2. The lowest BCUT2D eigenvalue weighted by atomic mass is 10.3. The minimum atomic E-state index is -0.761. The first-order valence-corrected chi connectivity index (χ1v) is 5.45. The fraction of sp³-hybridized carbons (Fsp3) is 0.500. The summed E-state index contributed by atoms with van der Waals surface area (Å²) in [7, 11) is 2.83. The van der Waals surface area contributed by atoms with Gasteiger partial charge < -0.3 is 15.4 Å². The molecule has 1 rings (SSSR count). The molecule has 0 fully saturated rings. The van der Waals surface area contributed by atoms with E-state index in [1.54, 1.807) is 7.05 Å². The molecule has 1 heterocycles. The number of anilines is 2. The van der Waals surface area contributed by atoms with E-state index in [1.807, 2.05) is 0 Å². The monoisotopic (exact) mass is 269 g/mol. The van der Waals surface area contributed by atoms with E-state index in [9.17, 15) is 14.9 Å². The second-order valence-corrected chi connectivity index (χ2v) is 3.73. The zero-order valence-corrected chi connectivity index (χ0v) is 11.1. The van der Waals surface area contributed by atoms with Gasteiger partial charge in [-0.2, -0.15) is 4.98 Å². The number of ether oxygens (including phenoxy) is 1. The second-order valence-electron chi connectivity index (χ2n) is 3.73. The van der Waals surface area contributed by atoms with Crippen LogP contribution < -0.4 is 10.6 Å². The highest BCUT2D eigenvalue weighted by molar-refractivity contribution is 5.79. The normalized spacial score (nSPS) is 11.6. The number of methoxy groups -OCH3 is 1. The second kappa shape index (κ2) is 5.94. The summed E-state index contributed by atoms with van der Waals surface area (Å²) >= 11 is 0. The molecule has 0 bridgehead atoms. The summed E-state index contributed by atoms with van der Waals surface area (Å²) in [5, 5.41) is 16.4. The first-order chi connectivity index (χ1) is 8.90. The Morgan fingerprint density at radius 3 is 2.58 bits per heavy atom. The van der Waals surface area contributed by atoms with Crippen LogP contribution in [0.25, 0.3) is 0 Å². The van der Waals surface area contributed by atoms with Gasteiger partial charge in [0.2, 0.25) is 11.8 Å². The van der Waals surface area contributed by atoms with Crippen molar-refractivity contribution in [1.82, 2.24) is 9.97 Å². The fourth-order valence-corrected chi connectivity index (χ4v) is 1.44. The summed E-state index contributed by atoms with van der Waals surface area (Å²) in [5.74, 6) is -0.348. The smallest absolute Gasteiger partial charge is 0.332 e. The predicted molar refractivity (Wildman–Crippen MR) is 68.1 cm³/mol. The van der Waals surface area contributed by atoms with Crippen LogP contribution in [-0.4, -0.2) is 41.1 Å². The lowest BCUT2D eigenvalue weighted by molar-refractivity contribution is -0.385. The average molecular weight is 269 g/mol. The van der Waals surface area contributed by atoms with Crippen molar-refractivity contribution in [3.63, 3.8) is 0 Å². The molecule has 19 heavy (non-hydrogen) atoms. The van der Waals surface area contributed by atoms with Crippen LogP contribution in [0.3, 0.4) is 0 Å². The Morgan fingerprint density at radius 2 is 2.11 bits per heavy atom. The lowest BCUT2D eigenvalue weighted by Gasteiger charge is -2.13. The Hall–Kier alpha value is -2.45. The number of esters is 1. The molecule has 1 unspecified atom stereocenters. The van der Waals surface area contributed by atoms with Crippen LogP contribution in [0.1, 0.15) is 12.6 Å². The van der Waals surface area contributed by atoms with Crippen molar-refractivity contribution in [3.05, 3.63) is 15.8 Å². The predicted octanol–water partition coefficient (Wildman–Crippen LogP) is 0.708. The third kappa shape index (κ3) is 3.27. The fourth-order valence-electron chi connectivity index (χ4n) is 1.44. The summed E-state index contributed by atoms with van der Waals surface area (Å²) in [6.45, 7) is 3.01. The van der Waals surface area contributed by atoms with Crippen LogP contribution in [-0.2, 0) is 9.53 Å². The zero-order chi connectivity index (χ0) is 14.6. The maximum absolute atomic E-state index is 11.3.